The van der Waals surface area contributed by atoms with Crippen molar-refractivity contribution in [2.24, 2.45) is 5.92 Å². The molecular formula is C30H38O14. The molecule has 10 atom stereocenters. The van der Waals surface area contributed by atoms with Crippen molar-refractivity contribution < 1.29 is 69.7 Å². The normalized spacial score (nSPS) is 32.5. The van der Waals surface area contributed by atoms with Gasteiger partial charge in [-0.1, -0.05) is 19.1 Å². The summed E-state index contributed by atoms with van der Waals surface area (Å²) < 4.78 is 23.0. The lowest BCUT2D eigenvalue weighted by Crippen LogP contribution is -2.64. The zero-order chi connectivity index (χ0) is 32.1. The van der Waals surface area contributed by atoms with E-state index in [0.717, 1.165) is 6.08 Å². The van der Waals surface area contributed by atoms with Crippen LogP contribution in [0.4, 0.5) is 0 Å². The summed E-state index contributed by atoms with van der Waals surface area (Å²) in [6.45, 7) is 0.901. The van der Waals surface area contributed by atoms with Gasteiger partial charge >= 0.3 is 5.97 Å². The number of aromatic hydroxyl groups is 4. The van der Waals surface area contributed by atoms with Crippen molar-refractivity contribution in [3.63, 3.8) is 0 Å². The molecule has 0 amide bonds. The molecular weight excluding hydrogens is 584 g/mol. The highest BCUT2D eigenvalue weighted by atomic mass is 16.7. The summed E-state index contributed by atoms with van der Waals surface area (Å²) in [6, 6.07) is 8.08. The summed E-state index contributed by atoms with van der Waals surface area (Å²) in [5, 5.41) is 91.0. The Balaban J connectivity index is 1.52. The van der Waals surface area contributed by atoms with Crippen LogP contribution in [0.2, 0.25) is 0 Å². The number of ether oxygens (including phenoxy) is 4. The number of benzene rings is 2. The highest BCUT2D eigenvalue weighted by Crippen LogP contribution is 2.34. The average molecular weight is 623 g/mol. The number of aliphatic hydroxyl groups is 5. The molecule has 10 unspecified atom stereocenters. The first-order valence-corrected chi connectivity index (χ1v) is 14.1. The van der Waals surface area contributed by atoms with Gasteiger partial charge in [0, 0.05) is 6.08 Å². The number of hydrogen-bond acceptors (Lipinski definition) is 14. The minimum atomic E-state index is -1.63. The molecule has 2 aromatic carbocycles. The molecule has 1 saturated carbocycles. The van der Waals surface area contributed by atoms with E-state index in [1.54, 1.807) is 13.0 Å². The van der Waals surface area contributed by atoms with Gasteiger partial charge in [0.15, 0.2) is 35.4 Å². The van der Waals surface area contributed by atoms with Crippen LogP contribution in [0.15, 0.2) is 42.5 Å². The number of phenols is 4. The highest BCUT2D eigenvalue weighted by molar-refractivity contribution is 5.87. The fourth-order valence-electron chi connectivity index (χ4n) is 5.22. The van der Waals surface area contributed by atoms with E-state index in [1.165, 1.54) is 36.4 Å². The summed E-state index contributed by atoms with van der Waals surface area (Å²) in [5.41, 5.74) is 0.954. The Morgan fingerprint density at radius 3 is 2.23 bits per heavy atom. The van der Waals surface area contributed by atoms with Crippen LogP contribution in [0.3, 0.4) is 0 Å². The molecule has 14 heteroatoms. The summed E-state index contributed by atoms with van der Waals surface area (Å²) in [6.07, 6.45) is -9.99. The predicted molar refractivity (Wildman–Crippen MR) is 150 cm³/mol. The summed E-state index contributed by atoms with van der Waals surface area (Å²) in [7, 11) is 0. The third-order valence-corrected chi connectivity index (χ3v) is 7.77. The van der Waals surface area contributed by atoms with Gasteiger partial charge in [-0.15, -0.1) is 0 Å². The maximum atomic E-state index is 12.8. The molecule has 2 aliphatic rings. The van der Waals surface area contributed by atoms with Crippen LogP contribution in [0.25, 0.3) is 6.08 Å². The minimum Gasteiger partial charge on any atom is -0.504 e. The van der Waals surface area contributed by atoms with Crippen LogP contribution in [0.5, 0.6) is 23.0 Å². The molecule has 2 fully saturated rings. The first kappa shape index (κ1) is 33.4. The molecule has 0 aromatic heterocycles. The molecule has 0 radical (unpaired) electrons. The molecule has 242 valence electrons. The molecule has 4 rings (SSSR count). The Morgan fingerprint density at radius 1 is 0.886 bits per heavy atom. The van der Waals surface area contributed by atoms with E-state index in [4.69, 9.17) is 18.9 Å². The first-order chi connectivity index (χ1) is 20.9. The average Bonchev–Trinajstić information content (AvgIpc) is 2.99. The first-order valence-electron chi connectivity index (χ1n) is 14.1. The van der Waals surface area contributed by atoms with Crippen molar-refractivity contribution >= 4 is 12.0 Å². The fraction of sp³-hybridized carbons (Fsp3) is 0.500. The third kappa shape index (κ3) is 7.78. The van der Waals surface area contributed by atoms with E-state index in [9.17, 15) is 50.8 Å². The standard InChI is InChI=1S/C30H38O14/c1-14-10-21(25(38)26(39)24(14)37)42-29-27(40)30(41-9-8-16-3-6-18(33)20(35)12-16)43-22(13-31)28(29)44-23(36)7-4-15-2-5-17(32)19(34)11-15/h2-7,11-12,14,21-22,24-35,37-40H,8-10,13H2,1H3. The fourth-order valence-corrected chi connectivity index (χ4v) is 5.22. The lowest BCUT2D eigenvalue weighted by atomic mass is 9.81. The van der Waals surface area contributed by atoms with Gasteiger partial charge in [-0.3, -0.25) is 0 Å². The highest BCUT2D eigenvalue weighted by Gasteiger charge is 2.51. The Morgan fingerprint density at radius 2 is 1.57 bits per heavy atom. The zero-order valence-electron chi connectivity index (χ0n) is 23.8. The van der Waals surface area contributed by atoms with E-state index >= 15 is 0 Å². The van der Waals surface area contributed by atoms with Crippen molar-refractivity contribution in [3.8, 4) is 23.0 Å². The maximum Gasteiger partial charge on any atom is 0.331 e. The predicted octanol–water partition coefficient (Wildman–Crippen LogP) is -0.352. The van der Waals surface area contributed by atoms with E-state index in [-0.39, 0.29) is 36.7 Å². The van der Waals surface area contributed by atoms with Crippen molar-refractivity contribution in [2.45, 2.75) is 74.9 Å². The van der Waals surface area contributed by atoms with Gasteiger partial charge in [-0.25, -0.2) is 4.79 Å². The number of esters is 1. The zero-order valence-corrected chi connectivity index (χ0v) is 23.8. The van der Waals surface area contributed by atoms with Crippen LogP contribution in [-0.2, 0) is 30.2 Å². The number of hydrogen-bond donors (Lipinski definition) is 9. The van der Waals surface area contributed by atoms with E-state index in [0.29, 0.717) is 11.1 Å². The number of carbonyl (C=O) groups is 1. The molecule has 9 N–H and O–H groups in total. The van der Waals surface area contributed by atoms with Gasteiger partial charge < -0.3 is 64.9 Å². The number of aliphatic hydroxyl groups excluding tert-OH is 5. The summed E-state index contributed by atoms with van der Waals surface area (Å²) >= 11 is 0. The van der Waals surface area contributed by atoms with Crippen molar-refractivity contribution in [3.05, 3.63) is 53.6 Å². The number of carbonyl (C=O) groups excluding carboxylic acids is 1. The van der Waals surface area contributed by atoms with E-state index < -0.39 is 79.4 Å². The second kappa shape index (κ2) is 14.5. The van der Waals surface area contributed by atoms with E-state index in [1.807, 2.05) is 0 Å². The summed E-state index contributed by atoms with van der Waals surface area (Å²) in [5.74, 6) is -2.80. The molecule has 0 bridgehead atoms. The minimum absolute atomic E-state index is 0.0442. The van der Waals surface area contributed by atoms with Gasteiger partial charge in [0.25, 0.3) is 0 Å². The number of phenolic OH excluding ortho intramolecular Hbond substituents is 4. The summed E-state index contributed by atoms with van der Waals surface area (Å²) in [4.78, 5) is 12.8. The molecule has 1 aliphatic carbocycles. The lowest BCUT2D eigenvalue weighted by Gasteiger charge is -2.46. The van der Waals surface area contributed by atoms with Crippen LogP contribution >= 0.6 is 0 Å². The van der Waals surface area contributed by atoms with E-state index in [2.05, 4.69) is 0 Å². The topological polar surface area (TPSA) is 236 Å². The Kier molecular flexibility index (Phi) is 11.0. The number of rotatable bonds is 10. The lowest BCUT2D eigenvalue weighted by molar-refractivity contribution is -0.321. The second-order valence-corrected chi connectivity index (χ2v) is 11.0. The third-order valence-electron chi connectivity index (χ3n) is 7.77. The molecule has 1 heterocycles. The molecule has 14 nitrogen and oxygen atoms in total. The molecule has 1 aliphatic heterocycles. The van der Waals surface area contributed by atoms with Gasteiger partial charge in [-0.2, -0.15) is 0 Å². The Hall–Kier alpha value is -3.47. The molecule has 44 heavy (non-hydrogen) atoms. The Bertz CT molecular complexity index is 1300. The quantitative estimate of drug-likeness (QED) is 0.0936. The van der Waals surface area contributed by atoms with Crippen molar-refractivity contribution in [1.29, 1.82) is 0 Å². The van der Waals surface area contributed by atoms with Gasteiger partial charge in [0.05, 0.1) is 25.4 Å². The molecule has 0 spiro atoms. The van der Waals surface area contributed by atoms with Crippen LogP contribution in [0, 0.1) is 5.92 Å². The largest absolute Gasteiger partial charge is 0.504 e. The second-order valence-electron chi connectivity index (χ2n) is 11.0. The van der Waals surface area contributed by atoms with Gasteiger partial charge in [0.2, 0.25) is 0 Å². The van der Waals surface area contributed by atoms with Gasteiger partial charge in [0.1, 0.15) is 30.5 Å². The molecule has 1 saturated heterocycles. The van der Waals surface area contributed by atoms with Crippen LogP contribution in [0.1, 0.15) is 24.5 Å². The SMILES string of the molecule is CC1CC(OC2C(O)C(OCCc3ccc(O)c(O)c3)OC(CO)C2OC(=O)C=Cc2ccc(O)c(O)c2)C(O)C(O)C1O. The molecule has 2 aromatic rings. The Labute approximate surface area is 252 Å². The van der Waals surface area contributed by atoms with Crippen LogP contribution in [-0.4, -0.2) is 120 Å². The van der Waals surface area contributed by atoms with Crippen LogP contribution < -0.4 is 0 Å². The van der Waals surface area contributed by atoms with Gasteiger partial charge in [-0.05, 0) is 60.2 Å². The monoisotopic (exact) mass is 622 g/mol. The van der Waals surface area contributed by atoms with Crippen molar-refractivity contribution in [2.75, 3.05) is 13.2 Å². The van der Waals surface area contributed by atoms with Crippen molar-refractivity contribution in [1.82, 2.24) is 0 Å². The maximum absolute atomic E-state index is 12.8. The smallest absolute Gasteiger partial charge is 0.331 e.